The number of unbranched alkanes of at least 4 members (excludes halogenated alkanes) is 3. The number of ketones is 3. The summed E-state index contributed by atoms with van der Waals surface area (Å²) in [4.78, 5) is 130. The van der Waals surface area contributed by atoms with E-state index < -0.39 is 107 Å². The number of rotatable bonds is 38. The standard InChI is InChI=1S/C35H44F2N2O4.C33H38F2N3O4.C32H41BrF2N2O4.K/c1-35(2,3)34(39(33(43)23-40)18-10-5-4-9-17-38-31(41)15-16-32(38)42)29-21-26(28-22-27(36)13-14-30(28)37)20-25(29)19-24-11-7-6-8-12-24;1-33(2,3)32(37(20-39)14-13-28(36)29(40)19-38-30(41)11-12-31(38)42)26-17-23(25-18-24(34)9-10-27(25)35)16-22(26)15-21-7-5-4-6-8-21;1-32(2,3)31(37(30(41)19-38)12-11-28(36)29(40)17-24(39)18-33)26-15-22(25-16-23(34)9-10-27(25)35)14-21(26)13-20-7-5-4-6-8-20;/h6-8,11-16,22,25-26,29,34,40H,4-5,9-10,17-21,23H2,1-3H3;4-12,18,22-23,26,28,32H,13-17,19,36H2,1-3H3;4-10,16,21-22,26,28,31,38H,11-15,17-19,36H2,1-3H3;/q;-1;;+1/t25?,26?,29?,34-;22?,23?,26?,28-,32-;21?,22?,26?,28-,31-;/m000./s1. The molecule has 9 unspecified atom stereocenters. The van der Waals surface area contributed by atoms with E-state index in [9.17, 15) is 84.5 Å². The number of aliphatic hydroxyl groups is 2. The molecule has 14 atom stereocenters. The van der Waals surface area contributed by atoms with Crippen molar-refractivity contribution in [1.82, 2.24) is 24.5 Å². The van der Waals surface area contributed by atoms with Crippen molar-refractivity contribution in [1.29, 1.82) is 0 Å². The third-order valence-corrected chi connectivity index (χ3v) is 26.4. The van der Waals surface area contributed by atoms with Crippen LogP contribution in [0.2, 0.25) is 0 Å². The van der Waals surface area contributed by atoms with E-state index in [1.165, 1.54) is 41.3 Å². The molecule has 6 aromatic carbocycles. The SMILES string of the molecule is CC(C)(C)[C@H](C1CC(c2cc(F)ccc2F)CC1Cc1ccccc1)N(CCCCCCN1C(=O)C=CC1=O)C(=O)CO.CC(C)(C)[C@H](C1CC(c2cc(F)ccc2F)CC1Cc1ccccc1)N(CC[C@H](N)C(=O)CC(=O)CBr)C(=O)CO.CC(C)(C)[C@H](C1CC(c2cc(F)ccc2F)CC1Cc1ccccc1)N([C-]=O)CC[C@H](N)C(=O)CN1C(=O)C=CC1=O.[K+]. The van der Waals surface area contributed by atoms with Gasteiger partial charge in [-0.3, -0.25) is 53.0 Å². The molecule has 0 bridgehead atoms. The van der Waals surface area contributed by atoms with Gasteiger partial charge in [0.1, 0.15) is 48.1 Å². The Kier molecular flexibility index (Phi) is 39.7. The molecule has 2 heterocycles. The minimum atomic E-state index is -1.000. The van der Waals surface area contributed by atoms with Crippen LogP contribution < -0.4 is 62.9 Å². The first-order valence-corrected chi connectivity index (χ1v) is 45.0. The van der Waals surface area contributed by atoms with E-state index >= 15 is 0 Å². The van der Waals surface area contributed by atoms with Gasteiger partial charge in [-0.05, 0) is 247 Å². The Morgan fingerprint density at radius 1 is 0.457 bits per heavy atom. The van der Waals surface area contributed by atoms with Crippen LogP contribution in [0.25, 0.3) is 0 Å². The van der Waals surface area contributed by atoms with Crippen LogP contribution in [0.1, 0.15) is 197 Å². The third kappa shape index (κ3) is 29.0. The van der Waals surface area contributed by atoms with Crippen LogP contribution in [0.3, 0.4) is 0 Å². The Morgan fingerprint density at radius 2 is 0.795 bits per heavy atom. The smallest absolute Gasteiger partial charge is 0.520 e. The molecule has 680 valence electrons. The van der Waals surface area contributed by atoms with Crippen LogP contribution in [0.4, 0.5) is 26.3 Å². The number of amides is 7. The second-order valence-corrected chi connectivity index (χ2v) is 38.4. The number of Topliss-reactive ketones (excluding diaryl/α,β-unsaturated/α-hetero) is 3. The number of nitrogens with zero attached hydrogens (tertiary/aromatic N) is 5. The third-order valence-electron chi connectivity index (χ3n) is 25.7. The largest absolute Gasteiger partial charge is 1.00 e. The first-order valence-electron chi connectivity index (χ1n) is 43.9. The van der Waals surface area contributed by atoms with Crippen molar-refractivity contribution in [2.45, 2.75) is 213 Å². The van der Waals surface area contributed by atoms with Crippen molar-refractivity contribution in [3.05, 3.63) is 238 Å². The Labute approximate surface area is 794 Å². The van der Waals surface area contributed by atoms with Gasteiger partial charge >= 0.3 is 51.4 Å². The molecule has 6 aromatic rings. The summed E-state index contributed by atoms with van der Waals surface area (Å²) in [6.45, 7) is 17.8. The molecule has 7 amide bonds. The zero-order valence-corrected chi connectivity index (χ0v) is 79.4. The van der Waals surface area contributed by atoms with Crippen molar-refractivity contribution in [2.24, 2.45) is 63.2 Å². The second-order valence-electron chi connectivity index (χ2n) is 37.8. The van der Waals surface area contributed by atoms with Crippen LogP contribution in [-0.2, 0) is 67.2 Å². The summed E-state index contributed by atoms with van der Waals surface area (Å²) in [5.74, 6) is -7.03. The van der Waals surface area contributed by atoms with Crippen LogP contribution in [0.5, 0.6) is 0 Å². The molecule has 2 aliphatic heterocycles. The first-order chi connectivity index (χ1) is 59.7. The molecule has 3 fully saturated rings. The molecular formula is C100H123BrF6KN7O12. The number of carbonyl (C=O) groups is 9. The number of benzene rings is 6. The van der Waals surface area contributed by atoms with Gasteiger partial charge in [0.15, 0.2) is 17.3 Å². The summed E-state index contributed by atoms with van der Waals surface area (Å²) in [5, 5.41) is 20.0. The second kappa shape index (κ2) is 48.3. The fourth-order valence-corrected chi connectivity index (χ4v) is 20.5. The molecule has 11 rings (SSSR count). The zero-order valence-electron chi connectivity index (χ0n) is 74.7. The molecule has 6 N–H and O–H groups in total. The van der Waals surface area contributed by atoms with Crippen LogP contribution in [0.15, 0.2) is 170 Å². The predicted octanol–water partition coefficient (Wildman–Crippen LogP) is 12.5. The summed E-state index contributed by atoms with van der Waals surface area (Å²) in [5.41, 5.74) is 15.5. The van der Waals surface area contributed by atoms with E-state index in [2.05, 4.69) is 55.2 Å². The van der Waals surface area contributed by atoms with Gasteiger partial charge in [-0.1, -0.05) is 182 Å². The van der Waals surface area contributed by atoms with Gasteiger partial charge in [-0.2, -0.15) is 6.41 Å². The molecular weight excluding hydrogens is 1720 g/mol. The molecule has 0 aromatic heterocycles. The summed E-state index contributed by atoms with van der Waals surface area (Å²) in [6, 6.07) is 37.9. The van der Waals surface area contributed by atoms with Gasteiger partial charge in [0.25, 0.3) is 23.6 Å². The average molecular weight is 1850 g/mol. The number of imide groups is 2. The van der Waals surface area contributed by atoms with Gasteiger partial charge in [-0.15, -0.1) is 0 Å². The molecule has 0 saturated heterocycles. The van der Waals surface area contributed by atoms with E-state index in [4.69, 9.17) is 11.5 Å². The number of nitrogens with two attached hydrogens (primary N) is 2. The Morgan fingerprint density at radius 3 is 1.15 bits per heavy atom. The van der Waals surface area contributed by atoms with Crippen LogP contribution >= 0.6 is 15.9 Å². The summed E-state index contributed by atoms with van der Waals surface area (Å²) >= 11 is 3.05. The number of hydrogen-bond acceptors (Lipinski definition) is 14. The predicted molar refractivity (Wildman–Crippen MR) is 475 cm³/mol. The molecule has 0 spiro atoms. The van der Waals surface area contributed by atoms with Gasteiger partial charge in [0, 0.05) is 62.1 Å². The molecule has 127 heavy (non-hydrogen) atoms. The maximum absolute atomic E-state index is 15.0. The molecule has 27 heteroatoms. The van der Waals surface area contributed by atoms with E-state index in [0.717, 1.165) is 83.3 Å². The van der Waals surface area contributed by atoms with Crippen molar-refractivity contribution in [2.75, 3.05) is 51.3 Å². The minimum absolute atomic E-state index is 0. The molecule has 5 aliphatic rings. The Balaban J connectivity index is 0.000000235. The molecule has 19 nitrogen and oxygen atoms in total. The molecule has 3 saturated carbocycles. The number of alkyl halides is 1. The monoisotopic (exact) mass is 1850 g/mol. The quantitative estimate of drug-likeness (QED) is 0.00410. The summed E-state index contributed by atoms with van der Waals surface area (Å²) in [6.07, 6.45) is 15.6. The van der Waals surface area contributed by atoms with Gasteiger partial charge in [-0.25, -0.2) is 26.3 Å². The molecule has 0 radical (unpaired) electrons. The van der Waals surface area contributed by atoms with Crippen LogP contribution in [0, 0.1) is 86.7 Å². The maximum atomic E-state index is 15.0. The summed E-state index contributed by atoms with van der Waals surface area (Å²) < 4.78 is 87.4. The van der Waals surface area contributed by atoms with E-state index in [-0.39, 0.29) is 189 Å². The topological polar surface area (TPSA) is 279 Å². The number of aliphatic hydroxyl groups excluding tert-OH is 2. The van der Waals surface area contributed by atoms with E-state index in [1.54, 1.807) is 9.80 Å². The van der Waals surface area contributed by atoms with Crippen molar-refractivity contribution >= 4 is 75.1 Å². The fourth-order valence-electron chi connectivity index (χ4n) is 20.3. The average Bonchev–Trinajstić information content (AvgIpc) is 1.65. The van der Waals surface area contributed by atoms with Crippen molar-refractivity contribution in [3.8, 4) is 0 Å². The normalized spacial score (nSPS) is 21.0. The number of carbonyl (C=O) groups excluding carboxylic acids is 10. The number of hydrogen-bond donors (Lipinski definition) is 4. The van der Waals surface area contributed by atoms with Gasteiger partial charge < -0.3 is 41.2 Å². The van der Waals surface area contributed by atoms with Crippen LogP contribution in [-0.4, -0.2) is 175 Å². The van der Waals surface area contributed by atoms with E-state index in [1.807, 2.05) is 125 Å². The minimum Gasteiger partial charge on any atom is -0.520 e. The van der Waals surface area contributed by atoms with Gasteiger partial charge in [0.05, 0.1) is 30.4 Å². The molecule has 3 aliphatic carbocycles. The Bertz CT molecular complexity index is 4760. The number of halogens is 7. The maximum Gasteiger partial charge on any atom is 1.00 e. The Hall–Kier alpha value is -7.96. The summed E-state index contributed by atoms with van der Waals surface area (Å²) in [7, 11) is 0. The fraction of sp³-hybridized carbons (Fsp3) is 0.500. The van der Waals surface area contributed by atoms with Gasteiger partial charge in [0.2, 0.25) is 11.8 Å². The van der Waals surface area contributed by atoms with E-state index in [0.29, 0.717) is 94.0 Å². The zero-order chi connectivity index (χ0) is 92.1. The first kappa shape index (κ1) is 104. The van der Waals surface area contributed by atoms with Crippen molar-refractivity contribution in [3.63, 3.8) is 0 Å². The van der Waals surface area contributed by atoms with Crippen molar-refractivity contribution < 1.29 is 136 Å².